The van der Waals surface area contributed by atoms with Crippen molar-refractivity contribution in [2.24, 2.45) is 11.8 Å². The van der Waals surface area contributed by atoms with Crippen molar-refractivity contribution in [2.45, 2.75) is 27.2 Å². The highest BCUT2D eigenvalue weighted by atomic mass is 79.9. The van der Waals surface area contributed by atoms with Gasteiger partial charge in [0.25, 0.3) is 0 Å². The van der Waals surface area contributed by atoms with Gasteiger partial charge in [-0.25, -0.2) is 4.39 Å². The van der Waals surface area contributed by atoms with Gasteiger partial charge in [-0.3, -0.25) is 0 Å². The first-order valence-electron chi connectivity index (χ1n) is 6.19. The molecular formula is C14H21BrFN. The van der Waals surface area contributed by atoms with Crippen LogP contribution in [0.2, 0.25) is 0 Å². The molecule has 1 nitrogen and oxygen atoms in total. The molecule has 0 heterocycles. The van der Waals surface area contributed by atoms with Crippen LogP contribution in [0.15, 0.2) is 22.7 Å². The maximum absolute atomic E-state index is 13.7. The average Bonchev–Trinajstić information content (AvgIpc) is 2.29. The highest BCUT2D eigenvalue weighted by Crippen LogP contribution is 2.21. The van der Waals surface area contributed by atoms with E-state index in [4.69, 9.17) is 0 Å². The Balaban J connectivity index is 2.58. The Hall–Kier alpha value is -0.410. The summed E-state index contributed by atoms with van der Waals surface area (Å²) in [5.74, 6) is 0.921. The van der Waals surface area contributed by atoms with Gasteiger partial charge in [0.1, 0.15) is 5.82 Å². The van der Waals surface area contributed by atoms with Gasteiger partial charge in [0.15, 0.2) is 0 Å². The lowest BCUT2D eigenvalue weighted by molar-refractivity contribution is 0.364. The first kappa shape index (κ1) is 14.7. The predicted molar refractivity (Wildman–Crippen MR) is 74.7 cm³/mol. The van der Waals surface area contributed by atoms with Crippen LogP contribution in [0.5, 0.6) is 0 Å². The minimum atomic E-state index is -0.109. The summed E-state index contributed by atoms with van der Waals surface area (Å²) in [4.78, 5) is 0. The number of nitrogens with one attached hydrogen (secondary N) is 1. The van der Waals surface area contributed by atoms with Crippen molar-refractivity contribution in [2.75, 3.05) is 13.1 Å². The van der Waals surface area contributed by atoms with Crippen LogP contribution < -0.4 is 5.32 Å². The van der Waals surface area contributed by atoms with Crippen molar-refractivity contribution in [3.05, 3.63) is 34.1 Å². The van der Waals surface area contributed by atoms with E-state index < -0.39 is 0 Å². The maximum atomic E-state index is 13.7. The van der Waals surface area contributed by atoms with Crippen molar-refractivity contribution < 1.29 is 4.39 Å². The number of halogens is 2. The van der Waals surface area contributed by atoms with Crippen LogP contribution in [0.3, 0.4) is 0 Å². The normalized spacial score (nSPS) is 14.6. The van der Waals surface area contributed by atoms with Gasteiger partial charge in [-0.15, -0.1) is 0 Å². The summed E-state index contributed by atoms with van der Waals surface area (Å²) in [7, 11) is 0. The summed E-state index contributed by atoms with van der Waals surface area (Å²) in [6.07, 6.45) is 0.797. The Kier molecular flexibility index (Phi) is 6.14. The molecule has 96 valence electrons. The monoisotopic (exact) mass is 301 g/mol. The van der Waals surface area contributed by atoms with Crippen molar-refractivity contribution in [1.82, 2.24) is 5.32 Å². The van der Waals surface area contributed by atoms with Gasteiger partial charge in [-0.05, 0) is 49.0 Å². The molecule has 2 unspecified atom stereocenters. The summed E-state index contributed by atoms with van der Waals surface area (Å²) in [6.45, 7) is 8.48. The molecule has 0 aliphatic carbocycles. The summed E-state index contributed by atoms with van der Waals surface area (Å²) < 4.78 is 14.5. The van der Waals surface area contributed by atoms with Gasteiger partial charge in [-0.1, -0.05) is 42.8 Å². The Morgan fingerprint density at radius 1 is 1.29 bits per heavy atom. The largest absolute Gasteiger partial charge is 0.317 e. The van der Waals surface area contributed by atoms with Gasteiger partial charge in [0, 0.05) is 4.47 Å². The highest BCUT2D eigenvalue weighted by molar-refractivity contribution is 9.10. The summed E-state index contributed by atoms with van der Waals surface area (Å²) in [5.41, 5.74) is 0.809. The first-order chi connectivity index (χ1) is 8.04. The Morgan fingerprint density at radius 3 is 2.59 bits per heavy atom. The minimum absolute atomic E-state index is 0.109. The molecule has 1 N–H and O–H groups in total. The average molecular weight is 302 g/mol. The molecule has 0 amide bonds. The third-order valence-electron chi connectivity index (χ3n) is 3.24. The Labute approximate surface area is 112 Å². The number of hydrogen-bond donors (Lipinski definition) is 1. The molecular weight excluding hydrogens is 281 g/mol. The zero-order valence-corrected chi connectivity index (χ0v) is 12.3. The van der Waals surface area contributed by atoms with Gasteiger partial charge in [0.2, 0.25) is 0 Å². The standard InChI is InChI=1S/C14H21BrFN/c1-4-17-9-11(3)10(2)7-12-5-6-13(15)8-14(12)16/h5-6,8,10-11,17H,4,7,9H2,1-3H3. The molecule has 2 atom stereocenters. The Bertz CT molecular complexity index is 354. The lowest BCUT2D eigenvalue weighted by Gasteiger charge is -2.20. The Morgan fingerprint density at radius 2 is 2.00 bits per heavy atom. The molecule has 0 aliphatic heterocycles. The van der Waals surface area contributed by atoms with Crippen molar-refractivity contribution in [1.29, 1.82) is 0 Å². The second-order valence-corrected chi connectivity index (χ2v) is 5.62. The topological polar surface area (TPSA) is 12.0 Å². The molecule has 3 heteroatoms. The van der Waals surface area contributed by atoms with Crippen LogP contribution >= 0.6 is 15.9 Å². The van der Waals surface area contributed by atoms with Crippen LogP contribution in [0.1, 0.15) is 26.3 Å². The van der Waals surface area contributed by atoms with Crippen molar-refractivity contribution in [3.8, 4) is 0 Å². The third-order valence-corrected chi connectivity index (χ3v) is 3.74. The molecule has 0 fully saturated rings. The van der Waals surface area contributed by atoms with E-state index in [0.29, 0.717) is 11.8 Å². The van der Waals surface area contributed by atoms with Crippen LogP contribution in [0.4, 0.5) is 4.39 Å². The molecule has 0 aromatic heterocycles. The molecule has 1 aromatic rings. The zero-order chi connectivity index (χ0) is 12.8. The van der Waals surface area contributed by atoms with E-state index in [2.05, 4.69) is 42.0 Å². The van der Waals surface area contributed by atoms with Crippen LogP contribution in [-0.4, -0.2) is 13.1 Å². The molecule has 0 bridgehead atoms. The summed E-state index contributed by atoms with van der Waals surface area (Å²) in [5, 5.41) is 3.34. The van der Waals surface area contributed by atoms with Crippen molar-refractivity contribution >= 4 is 15.9 Å². The zero-order valence-electron chi connectivity index (χ0n) is 10.8. The van der Waals surface area contributed by atoms with Gasteiger partial charge >= 0.3 is 0 Å². The number of hydrogen-bond acceptors (Lipinski definition) is 1. The van der Waals surface area contributed by atoms with Crippen LogP contribution in [-0.2, 0) is 6.42 Å². The second-order valence-electron chi connectivity index (χ2n) is 4.70. The minimum Gasteiger partial charge on any atom is -0.317 e. The van der Waals surface area contributed by atoms with Gasteiger partial charge in [0.05, 0.1) is 0 Å². The fraction of sp³-hybridized carbons (Fsp3) is 0.571. The molecule has 1 aromatic carbocycles. The number of rotatable bonds is 6. The molecule has 1 rings (SSSR count). The van der Waals surface area contributed by atoms with Crippen molar-refractivity contribution in [3.63, 3.8) is 0 Å². The van der Waals surface area contributed by atoms with E-state index in [-0.39, 0.29) is 5.82 Å². The fourth-order valence-corrected chi connectivity index (χ4v) is 2.14. The van der Waals surface area contributed by atoms with E-state index in [1.165, 1.54) is 6.07 Å². The maximum Gasteiger partial charge on any atom is 0.127 e. The molecule has 17 heavy (non-hydrogen) atoms. The molecule has 0 radical (unpaired) electrons. The molecule has 0 aliphatic rings. The lowest BCUT2D eigenvalue weighted by Crippen LogP contribution is -2.26. The van der Waals surface area contributed by atoms with E-state index in [9.17, 15) is 4.39 Å². The van der Waals surface area contributed by atoms with E-state index in [0.717, 1.165) is 29.5 Å². The molecule has 0 spiro atoms. The third kappa shape index (κ3) is 4.76. The smallest absolute Gasteiger partial charge is 0.127 e. The van der Waals surface area contributed by atoms with Crippen LogP contribution in [0.25, 0.3) is 0 Å². The van der Waals surface area contributed by atoms with Gasteiger partial charge < -0.3 is 5.32 Å². The van der Waals surface area contributed by atoms with E-state index in [1.54, 1.807) is 0 Å². The quantitative estimate of drug-likeness (QED) is 0.837. The molecule has 0 saturated carbocycles. The molecule has 0 saturated heterocycles. The number of benzene rings is 1. The van der Waals surface area contributed by atoms with E-state index >= 15 is 0 Å². The first-order valence-corrected chi connectivity index (χ1v) is 6.98. The SMILES string of the molecule is CCNCC(C)C(C)Cc1ccc(Br)cc1F. The lowest BCUT2D eigenvalue weighted by atomic mass is 9.89. The van der Waals surface area contributed by atoms with Gasteiger partial charge in [-0.2, -0.15) is 0 Å². The fourth-order valence-electron chi connectivity index (χ4n) is 1.81. The summed E-state index contributed by atoms with van der Waals surface area (Å²) in [6, 6.07) is 5.31. The highest BCUT2D eigenvalue weighted by Gasteiger charge is 2.14. The second kappa shape index (κ2) is 7.12. The van der Waals surface area contributed by atoms with E-state index in [1.807, 2.05) is 12.1 Å². The predicted octanol–water partition coefficient (Wildman–Crippen LogP) is 4.01. The van der Waals surface area contributed by atoms with Crippen LogP contribution in [0, 0.1) is 17.7 Å². The summed E-state index contributed by atoms with van der Waals surface area (Å²) >= 11 is 3.28.